The van der Waals surface area contributed by atoms with Gasteiger partial charge >= 0.3 is 0 Å². The highest BCUT2D eigenvalue weighted by Crippen LogP contribution is 2.23. The van der Waals surface area contributed by atoms with Crippen LogP contribution in [0, 0.1) is 0 Å². The van der Waals surface area contributed by atoms with Crippen molar-refractivity contribution in [3.63, 3.8) is 0 Å². The second-order valence-electron chi connectivity index (χ2n) is 5.99. The summed E-state index contributed by atoms with van der Waals surface area (Å²) in [6.45, 7) is 2.19. The van der Waals surface area contributed by atoms with Gasteiger partial charge in [-0.25, -0.2) is 4.99 Å². The van der Waals surface area contributed by atoms with E-state index in [4.69, 9.17) is 4.99 Å². The summed E-state index contributed by atoms with van der Waals surface area (Å²) < 4.78 is 0. The van der Waals surface area contributed by atoms with Gasteiger partial charge in [-0.3, -0.25) is 0 Å². The van der Waals surface area contributed by atoms with Gasteiger partial charge in [0.25, 0.3) is 0 Å². The van der Waals surface area contributed by atoms with Crippen LogP contribution in [0.1, 0.15) is 57.6 Å². The molecule has 0 spiro atoms. The Hall–Kier alpha value is -1.48. The Morgan fingerprint density at radius 3 is 2.68 bits per heavy atom. The maximum Gasteiger partial charge on any atom is 0.0904 e. The summed E-state index contributed by atoms with van der Waals surface area (Å²) in [6, 6.07) is 4.74. The monoisotopic (exact) mass is 319 g/mol. The van der Waals surface area contributed by atoms with E-state index in [0.29, 0.717) is 6.04 Å². The first-order valence-electron chi connectivity index (χ1n) is 8.26. The van der Waals surface area contributed by atoms with Crippen molar-refractivity contribution in [3.05, 3.63) is 47.6 Å². The van der Waals surface area contributed by atoms with Crippen LogP contribution in [0.25, 0.3) is 0 Å². The van der Waals surface area contributed by atoms with Crippen molar-refractivity contribution < 1.29 is 0 Å². The number of aliphatic imine (C=N–C) groups is 1. The molecule has 0 bridgehead atoms. The molecule has 1 aliphatic carbocycles. The molecule has 2 heterocycles. The molecule has 120 valence electrons. The van der Waals surface area contributed by atoms with Gasteiger partial charge in [-0.2, -0.15) is 0 Å². The molecule has 0 aromatic carbocycles. The summed E-state index contributed by atoms with van der Waals surface area (Å²) in [5, 5.41) is 3.59. The largest absolute Gasteiger partial charge is 0.386 e. The average Bonchev–Trinajstić information content (AvgIpc) is 3.09. The lowest BCUT2D eigenvalue weighted by Gasteiger charge is -2.14. The minimum Gasteiger partial charge on any atom is -0.386 e. The highest BCUT2D eigenvalue weighted by molar-refractivity contribution is 6.14. The van der Waals surface area contributed by atoms with Crippen LogP contribution in [-0.2, 0) is 0 Å². The predicted octanol–water partition coefficient (Wildman–Crippen LogP) is 4.73. The number of nitrogens with one attached hydrogen (secondary N) is 2. The third-order valence-electron chi connectivity index (χ3n) is 4.42. The fourth-order valence-corrected chi connectivity index (χ4v) is 3.18. The van der Waals surface area contributed by atoms with E-state index in [-0.39, 0.29) is 12.4 Å². The fourth-order valence-electron chi connectivity index (χ4n) is 3.18. The van der Waals surface area contributed by atoms with Gasteiger partial charge in [-0.15, -0.1) is 12.4 Å². The van der Waals surface area contributed by atoms with E-state index in [1.54, 1.807) is 0 Å². The van der Waals surface area contributed by atoms with E-state index in [9.17, 15) is 0 Å². The van der Waals surface area contributed by atoms with E-state index >= 15 is 0 Å². The Morgan fingerprint density at radius 1 is 1.27 bits per heavy atom. The lowest BCUT2D eigenvalue weighted by molar-refractivity contribution is 0.516. The standard InChI is InChI=1S/C18H25N3.ClH/c1-2-14-12-16(21-18(14)17-10-7-11-19-17)13-20-15-8-5-3-4-6-9-15;/h7,10-13,15,19-20H,2-6,8-9H2,1H3;1H. The Kier molecular flexibility index (Phi) is 6.32. The first kappa shape index (κ1) is 16.9. The van der Waals surface area contributed by atoms with Crippen molar-refractivity contribution in [2.45, 2.75) is 57.9 Å². The molecule has 1 fully saturated rings. The Bertz CT molecular complexity index is 547. The van der Waals surface area contributed by atoms with Crippen molar-refractivity contribution in [1.29, 1.82) is 0 Å². The summed E-state index contributed by atoms with van der Waals surface area (Å²) in [7, 11) is 0. The zero-order valence-electron chi connectivity index (χ0n) is 13.3. The average molecular weight is 320 g/mol. The zero-order chi connectivity index (χ0) is 14.5. The van der Waals surface area contributed by atoms with Crippen molar-refractivity contribution >= 4 is 18.1 Å². The molecule has 3 rings (SSSR count). The van der Waals surface area contributed by atoms with Crippen LogP contribution in [-0.4, -0.2) is 16.7 Å². The molecule has 0 saturated heterocycles. The topological polar surface area (TPSA) is 40.2 Å². The molecule has 0 amide bonds. The summed E-state index contributed by atoms with van der Waals surface area (Å²) in [5.74, 6) is 0. The summed E-state index contributed by atoms with van der Waals surface area (Å²) in [5.41, 5.74) is 4.57. The number of nitrogens with zero attached hydrogens (tertiary/aromatic N) is 1. The number of hydrogen-bond acceptors (Lipinski definition) is 2. The second kappa shape index (κ2) is 8.23. The number of aromatic nitrogens is 1. The third-order valence-corrected chi connectivity index (χ3v) is 4.42. The van der Waals surface area contributed by atoms with Gasteiger partial charge in [-0.05, 0) is 43.0 Å². The predicted molar refractivity (Wildman–Crippen MR) is 95.7 cm³/mol. The molecule has 2 N–H and O–H groups in total. The molecule has 1 aromatic heterocycles. The smallest absolute Gasteiger partial charge is 0.0904 e. The van der Waals surface area contributed by atoms with Crippen LogP contribution in [0.3, 0.4) is 0 Å². The minimum atomic E-state index is 0. The molecule has 0 atom stereocenters. The van der Waals surface area contributed by atoms with E-state index in [0.717, 1.165) is 23.5 Å². The lowest BCUT2D eigenvalue weighted by atomic mass is 10.1. The minimum absolute atomic E-state index is 0. The first-order valence-corrected chi connectivity index (χ1v) is 8.26. The quantitative estimate of drug-likeness (QED) is 0.774. The molecule has 4 heteroatoms. The zero-order valence-corrected chi connectivity index (χ0v) is 14.1. The molecule has 2 aliphatic rings. The van der Waals surface area contributed by atoms with Gasteiger partial charge < -0.3 is 10.3 Å². The van der Waals surface area contributed by atoms with E-state index in [1.165, 1.54) is 44.1 Å². The van der Waals surface area contributed by atoms with Gasteiger partial charge in [0.2, 0.25) is 0 Å². The Morgan fingerprint density at radius 2 is 2.05 bits per heavy atom. The second-order valence-corrected chi connectivity index (χ2v) is 5.99. The molecule has 3 nitrogen and oxygen atoms in total. The molecular weight excluding hydrogens is 294 g/mol. The highest BCUT2D eigenvalue weighted by atomic mass is 35.5. The molecule has 1 aliphatic heterocycles. The third kappa shape index (κ3) is 4.04. The molecule has 22 heavy (non-hydrogen) atoms. The molecule has 1 aromatic rings. The molecule has 0 unspecified atom stereocenters. The SMILES string of the molecule is CCC1=CC(=CNC2CCCCCC2)N=C1c1ccc[nH]1.Cl. The maximum atomic E-state index is 4.78. The van der Waals surface area contributed by atoms with Gasteiger partial charge in [0, 0.05) is 18.4 Å². The molecular formula is C18H26ClN3. The van der Waals surface area contributed by atoms with E-state index < -0.39 is 0 Å². The van der Waals surface area contributed by atoms with Crippen LogP contribution in [0.4, 0.5) is 0 Å². The van der Waals surface area contributed by atoms with Gasteiger partial charge in [0.1, 0.15) is 0 Å². The van der Waals surface area contributed by atoms with Crippen LogP contribution in [0.15, 0.2) is 46.9 Å². The summed E-state index contributed by atoms with van der Waals surface area (Å²) in [6.07, 6.45) is 15.4. The Labute approximate surface area is 139 Å². The number of H-pyrrole nitrogens is 1. The summed E-state index contributed by atoms with van der Waals surface area (Å²) >= 11 is 0. The number of rotatable bonds is 4. The maximum absolute atomic E-state index is 4.78. The van der Waals surface area contributed by atoms with E-state index in [1.807, 2.05) is 12.3 Å². The van der Waals surface area contributed by atoms with Gasteiger partial charge in [-0.1, -0.05) is 32.6 Å². The van der Waals surface area contributed by atoms with Gasteiger partial charge in [0.15, 0.2) is 0 Å². The van der Waals surface area contributed by atoms with Crippen molar-refractivity contribution in [3.8, 4) is 0 Å². The summed E-state index contributed by atoms with van der Waals surface area (Å²) in [4.78, 5) is 8.04. The van der Waals surface area contributed by atoms with Crippen LogP contribution < -0.4 is 5.32 Å². The van der Waals surface area contributed by atoms with Gasteiger partial charge in [0.05, 0.1) is 17.1 Å². The Balaban J connectivity index is 0.00000176. The lowest BCUT2D eigenvalue weighted by Crippen LogP contribution is -2.23. The fraction of sp³-hybridized carbons (Fsp3) is 0.500. The van der Waals surface area contributed by atoms with Crippen LogP contribution in [0.5, 0.6) is 0 Å². The van der Waals surface area contributed by atoms with Crippen molar-refractivity contribution in [1.82, 2.24) is 10.3 Å². The molecule has 0 radical (unpaired) electrons. The van der Waals surface area contributed by atoms with Crippen molar-refractivity contribution in [2.24, 2.45) is 4.99 Å². The first-order chi connectivity index (χ1) is 10.4. The van der Waals surface area contributed by atoms with Crippen molar-refractivity contribution in [2.75, 3.05) is 0 Å². The number of aromatic amines is 1. The number of allylic oxidation sites excluding steroid dienone is 2. The normalized spacial score (nSPS) is 21.0. The molecule has 1 saturated carbocycles. The number of hydrogen-bond donors (Lipinski definition) is 2. The highest BCUT2D eigenvalue weighted by Gasteiger charge is 2.16. The van der Waals surface area contributed by atoms with Crippen LogP contribution >= 0.6 is 12.4 Å². The van der Waals surface area contributed by atoms with Crippen LogP contribution in [0.2, 0.25) is 0 Å². The number of halogens is 1. The van der Waals surface area contributed by atoms with E-state index in [2.05, 4.69) is 35.6 Å².